The molecule has 0 spiro atoms. The number of halogens is 3. The van der Waals surface area contributed by atoms with E-state index >= 15 is 0 Å². The SMILES string of the molecule is CC(=O)c1ccc(Oc2cc(F)cc(Cl)c2)c(Br)c1C#N. The molecule has 0 fully saturated rings. The second-order valence-electron chi connectivity index (χ2n) is 4.18. The average Bonchev–Trinajstić information content (AvgIpc) is 2.39. The van der Waals surface area contributed by atoms with Gasteiger partial charge in [0.2, 0.25) is 0 Å². The third-order valence-electron chi connectivity index (χ3n) is 2.66. The maximum Gasteiger partial charge on any atom is 0.161 e. The molecule has 0 aliphatic heterocycles. The second kappa shape index (κ2) is 6.25. The normalized spacial score (nSPS) is 10.0. The van der Waals surface area contributed by atoms with Gasteiger partial charge in [-0.15, -0.1) is 0 Å². The van der Waals surface area contributed by atoms with Crippen molar-refractivity contribution in [2.75, 3.05) is 0 Å². The number of ketones is 1. The summed E-state index contributed by atoms with van der Waals surface area (Å²) in [6, 6.07) is 8.73. The number of rotatable bonds is 3. The van der Waals surface area contributed by atoms with Gasteiger partial charge in [0.25, 0.3) is 0 Å². The van der Waals surface area contributed by atoms with Gasteiger partial charge in [0.15, 0.2) is 5.78 Å². The second-order valence-corrected chi connectivity index (χ2v) is 5.40. The minimum Gasteiger partial charge on any atom is -0.456 e. The maximum atomic E-state index is 13.3. The predicted octanol–water partition coefficient (Wildman–Crippen LogP) is 5.11. The van der Waals surface area contributed by atoms with E-state index in [0.29, 0.717) is 10.2 Å². The number of nitriles is 1. The van der Waals surface area contributed by atoms with Crippen LogP contribution in [0.5, 0.6) is 11.5 Å². The highest BCUT2D eigenvalue weighted by atomic mass is 79.9. The molecule has 21 heavy (non-hydrogen) atoms. The van der Waals surface area contributed by atoms with Crippen molar-refractivity contribution < 1.29 is 13.9 Å². The van der Waals surface area contributed by atoms with E-state index in [0.717, 1.165) is 6.07 Å². The fraction of sp³-hybridized carbons (Fsp3) is 0.0667. The van der Waals surface area contributed by atoms with Crippen LogP contribution >= 0.6 is 27.5 Å². The number of hydrogen-bond donors (Lipinski definition) is 0. The van der Waals surface area contributed by atoms with Crippen molar-refractivity contribution in [3.63, 3.8) is 0 Å². The molecule has 0 aliphatic rings. The summed E-state index contributed by atoms with van der Waals surface area (Å²) in [6.07, 6.45) is 0. The molecule has 3 nitrogen and oxygen atoms in total. The molecule has 2 rings (SSSR count). The summed E-state index contributed by atoms with van der Waals surface area (Å²) in [5, 5.41) is 9.35. The van der Waals surface area contributed by atoms with Crippen LogP contribution in [-0.4, -0.2) is 5.78 Å². The van der Waals surface area contributed by atoms with Crippen LogP contribution in [0.15, 0.2) is 34.8 Å². The standard InChI is InChI=1S/C15H8BrClFNO2/c1-8(20)12-2-3-14(15(16)13(12)7-19)21-11-5-9(17)4-10(18)6-11/h2-6H,1H3. The van der Waals surface area contributed by atoms with Gasteiger partial charge >= 0.3 is 0 Å². The third kappa shape index (κ3) is 3.41. The molecular formula is C15H8BrClFNO2. The Balaban J connectivity index is 2.46. The van der Waals surface area contributed by atoms with Crippen LogP contribution in [0, 0.1) is 17.1 Å². The number of nitrogens with zero attached hydrogens (tertiary/aromatic N) is 1. The molecule has 0 saturated carbocycles. The molecule has 0 heterocycles. The molecule has 0 N–H and O–H groups in total. The van der Waals surface area contributed by atoms with Crippen molar-refractivity contribution in [2.45, 2.75) is 6.92 Å². The van der Waals surface area contributed by atoms with Gasteiger partial charge in [0, 0.05) is 16.7 Å². The monoisotopic (exact) mass is 367 g/mol. The lowest BCUT2D eigenvalue weighted by Gasteiger charge is -2.11. The van der Waals surface area contributed by atoms with Crippen molar-refractivity contribution in [1.29, 1.82) is 5.26 Å². The number of hydrogen-bond acceptors (Lipinski definition) is 3. The minimum atomic E-state index is -0.533. The van der Waals surface area contributed by atoms with Gasteiger partial charge in [-0.25, -0.2) is 4.39 Å². The van der Waals surface area contributed by atoms with Crippen LogP contribution < -0.4 is 4.74 Å². The summed E-state index contributed by atoms with van der Waals surface area (Å²) in [5.41, 5.74) is 0.455. The fourth-order valence-corrected chi connectivity index (χ4v) is 2.48. The lowest BCUT2D eigenvalue weighted by atomic mass is 10.1. The molecule has 106 valence electrons. The molecule has 2 aromatic carbocycles. The van der Waals surface area contributed by atoms with Crippen molar-refractivity contribution in [3.8, 4) is 17.6 Å². The smallest absolute Gasteiger partial charge is 0.161 e. The summed E-state index contributed by atoms with van der Waals surface area (Å²) >= 11 is 8.98. The van der Waals surface area contributed by atoms with E-state index in [1.165, 1.54) is 31.2 Å². The topological polar surface area (TPSA) is 50.1 Å². The van der Waals surface area contributed by atoms with E-state index in [1.54, 1.807) is 0 Å². The Bertz CT molecular complexity index is 751. The summed E-state index contributed by atoms with van der Waals surface area (Å²) in [4.78, 5) is 11.5. The zero-order valence-corrected chi connectivity index (χ0v) is 13.1. The van der Waals surface area contributed by atoms with Crippen LogP contribution in [0.3, 0.4) is 0 Å². The Kier molecular flexibility index (Phi) is 4.61. The Morgan fingerprint density at radius 2 is 2.10 bits per heavy atom. The van der Waals surface area contributed by atoms with Gasteiger partial charge < -0.3 is 4.74 Å². The van der Waals surface area contributed by atoms with Crippen molar-refractivity contribution in [1.82, 2.24) is 0 Å². The van der Waals surface area contributed by atoms with Gasteiger partial charge in [-0.1, -0.05) is 11.6 Å². The molecule has 0 amide bonds. The summed E-state index contributed by atoms with van der Waals surface area (Å²) in [5.74, 6) is -0.277. The highest BCUT2D eigenvalue weighted by Gasteiger charge is 2.15. The minimum absolute atomic E-state index is 0.169. The Hall–Kier alpha value is -1.90. The average molecular weight is 369 g/mol. The molecule has 0 unspecified atom stereocenters. The van der Waals surface area contributed by atoms with Crippen molar-refractivity contribution >= 4 is 33.3 Å². The third-order valence-corrected chi connectivity index (χ3v) is 3.67. The molecule has 0 radical (unpaired) electrons. The molecule has 6 heteroatoms. The highest BCUT2D eigenvalue weighted by molar-refractivity contribution is 9.10. The lowest BCUT2D eigenvalue weighted by molar-refractivity contribution is 0.101. The van der Waals surface area contributed by atoms with Gasteiger partial charge in [-0.2, -0.15) is 5.26 Å². The van der Waals surface area contributed by atoms with Gasteiger partial charge in [-0.05, 0) is 47.1 Å². The molecule has 0 aromatic heterocycles. The van der Waals surface area contributed by atoms with Crippen LogP contribution in [0.1, 0.15) is 22.8 Å². The summed E-state index contributed by atoms with van der Waals surface area (Å²) in [7, 11) is 0. The van der Waals surface area contributed by atoms with E-state index in [1.807, 2.05) is 6.07 Å². The molecule has 2 aromatic rings. The maximum absolute atomic E-state index is 13.3. The first kappa shape index (κ1) is 15.5. The van der Waals surface area contributed by atoms with Gasteiger partial charge in [0.1, 0.15) is 23.4 Å². The van der Waals surface area contributed by atoms with E-state index < -0.39 is 5.82 Å². The predicted molar refractivity (Wildman–Crippen MR) is 80.3 cm³/mol. The lowest BCUT2D eigenvalue weighted by Crippen LogP contribution is -1.99. The number of carbonyl (C=O) groups is 1. The Morgan fingerprint density at radius 3 is 2.67 bits per heavy atom. The Labute approximate surface area is 134 Å². The van der Waals surface area contributed by atoms with Crippen LogP contribution in [0.4, 0.5) is 4.39 Å². The van der Waals surface area contributed by atoms with Crippen molar-refractivity contribution in [3.05, 3.63) is 56.8 Å². The molecule has 0 atom stereocenters. The zero-order chi connectivity index (χ0) is 15.6. The number of carbonyl (C=O) groups excluding carboxylic acids is 1. The largest absolute Gasteiger partial charge is 0.456 e. The van der Waals surface area contributed by atoms with E-state index in [4.69, 9.17) is 21.6 Å². The number of benzene rings is 2. The van der Waals surface area contributed by atoms with E-state index in [2.05, 4.69) is 15.9 Å². The van der Waals surface area contributed by atoms with Gasteiger partial charge in [-0.3, -0.25) is 4.79 Å². The first-order valence-corrected chi connectivity index (χ1v) is 6.97. The first-order valence-electron chi connectivity index (χ1n) is 5.80. The molecule has 0 bridgehead atoms. The Morgan fingerprint density at radius 1 is 1.38 bits per heavy atom. The number of ether oxygens (including phenoxy) is 1. The molecule has 0 saturated heterocycles. The van der Waals surface area contributed by atoms with E-state index in [-0.39, 0.29) is 27.7 Å². The first-order chi connectivity index (χ1) is 9.92. The van der Waals surface area contributed by atoms with Gasteiger partial charge in [0.05, 0.1) is 10.0 Å². The summed E-state index contributed by atoms with van der Waals surface area (Å²) in [6.45, 7) is 1.37. The quantitative estimate of drug-likeness (QED) is 0.708. The highest BCUT2D eigenvalue weighted by Crippen LogP contribution is 2.35. The van der Waals surface area contributed by atoms with Crippen LogP contribution in [0.25, 0.3) is 0 Å². The molecular weight excluding hydrogens is 361 g/mol. The van der Waals surface area contributed by atoms with Crippen LogP contribution in [-0.2, 0) is 0 Å². The zero-order valence-electron chi connectivity index (χ0n) is 10.8. The van der Waals surface area contributed by atoms with E-state index in [9.17, 15) is 9.18 Å². The van der Waals surface area contributed by atoms with Crippen molar-refractivity contribution in [2.24, 2.45) is 0 Å². The van der Waals surface area contributed by atoms with Crippen LogP contribution in [0.2, 0.25) is 5.02 Å². The number of Topliss-reactive ketones (excluding diaryl/α,β-unsaturated/α-hetero) is 1. The molecule has 0 aliphatic carbocycles. The summed E-state index contributed by atoms with van der Waals surface area (Å²) < 4.78 is 19.1. The fourth-order valence-electron chi connectivity index (χ4n) is 1.75.